The second-order valence-corrected chi connectivity index (χ2v) is 5.34. The molecule has 2 aromatic rings. The molecule has 0 aliphatic carbocycles. The second kappa shape index (κ2) is 7.72. The molecule has 0 aromatic heterocycles. The lowest BCUT2D eigenvalue weighted by Crippen LogP contribution is -2.29. The van der Waals surface area contributed by atoms with Gasteiger partial charge in [-0.05, 0) is 55.3 Å². The first-order valence-electron chi connectivity index (χ1n) is 7.37. The zero-order chi connectivity index (χ0) is 16.8. The summed E-state index contributed by atoms with van der Waals surface area (Å²) in [5.41, 5.74) is 1.11. The van der Waals surface area contributed by atoms with Gasteiger partial charge in [-0.2, -0.15) is 0 Å². The molecule has 2 aromatic carbocycles. The molecule has 1 amide bonds. The molecule has 0 N–H and O–H groups in total. The molecule has 0 fully saturated rings. The average molecular weight is 319 g/mol. The molecule has 0 radical (unpaired) electrons. The number of rotatable bonds is 6. The number of halogens is 2. The zero-order valence-corrected chi connectivity index (χ0v) is 13.2. The molecule has 0 spiro atoms. The van der Waals surface area contributed by atoms with Gasteiger partial charge < -0.3 is 9.64 Å². The maximum atomic E-state index is 13.3. The second-order valence-electron chi connectivity index (χ2n) is 5.34. The molecule has 0 aliphatic rings. The van der Waals surface area contributed by atoms with Crippen LogP contribution in [-0.4, -0.2) is 31.0 Å². The number of carbonyl (C=O) groups excluding carboxylic acids is 1. The Hall–Kier alpha value is -2.43. The molecule has 5 heteroatoms. The highest BCUT2D eigenvalue weighted by atomic mass is 19.1. The van der Waals surface area contributed by atoms with E-state index >= 15 is 0 Å². The summed E-state index contributed by atoms with van der Waals surface area (Å²) in [5, 5.41) is 0. The van der Waals surface area contributed by atoms with Gasteiger partial charge in [0, 0.05) is 19.2 Å². The predicted molar refractivity (Wildman–Crippen MR) is 84.6 cm³/mol. The fourth-order valence-corrected chi connectivity index (χ4v) is 2.15. The summed E-state index contributed by atoms with van der Waals surface area (Å²) in [7, 11) is 1.67. The maximum absolute atomic E-state index is 13.3. The van der Waals surface area contributed by atoms with Crippen LogP contribution < -0.4 is 4.74 Å². The molecule has 2 rings (SSSR count). The summed E-state index contributed by atoms with van der Waals surface area (Å²) >= 11 is 0. The van der Waals surface area contributed by atoms with Gasteiger partial charge in [0.15, 0.2) is 0 Å². The van der Waals surface area contributed by atoms with Crippen LogP contribution in [0.1, 0.15) is 22.3 Å². The van der Waals surface area contributed by atoms with E-state index in [0.717, 1.165) is 5.56 Å². The SMILES string of the molecule is Cc1ccc(F)cc1C(=O)N(C)CCCOc1ccc(F)cc1. The van der Waals surface area contributed by atoms with Gasteiger partial charge in [-0.15, -0.1) is 0 Å². The minimum atomic E-state index is -0.424. The van der Waals surface area contributed by atoms with Gasteiger partial charge >= 0.3 is 0 Å². The highest BCUT2D eigenvalue weighted by molar-refractivity contribution is 5.95. The van der Waals surface area contributed by atoms with Crippen LogP contribution in [0.25, 0.3) is 0 Å². The Kier molecular flexibility index (Phi) is 5.68. The van der Waals surface area contributed by atoms with Crippen molar-refractivity contribution in [3.8, 4) is 5.75 Å². The monoisotopic (exact) mass is 319 g/mol. The van der Waals surface area contributed by atoms with Crippen molar-refractivity contribution < 1.29 is 18.3 Å². The number of hydrogen-bond donors (Lipinski definition) is 0. The molecule has 0 aliphatic heterocycles. The third-order valence-electron chi connectivity index (χ3n) is 3.50. The molecular formula is C18H19F2NO2. The van der Waals surface area contributed by atoms with Crippen molar-refractivity contribution in [1.29, 1.82) is 0 Å². The number of hydrogen-bond acceptors (Lipinski definition) is 2. The van der Waals surface area contributed by atoms with Crippen LogP contribution in [0.3, 0.4) is 0 Å². The molecule has 0 heterocycles. The Morgan fingerprint density at radius 2 is 1.74 bits per heavy atom. The summed E-state index contributed by atoms with van der Waals surface area (Å²) < 4.78 is 31.5. The van der Waals surface area contributed by atoms with Gasteiger partial charge in [-0.3, -0.25) is 4.79 Å². The van der Waals surface area contributed by atoms with Crippen molar-refractivity contribution in [3.63, 3.8) is 0 Å². The molecular weight excluding hydrogens is 300 g/mol. The lowest BCUT2D eigenvalue weighted by Gasteiger charge is -2.18. The van der Waals surface area contributed by atoms with Crippen molar-refractivity contribution in [2.24, 2.45) is 0 Å². The van der Waals surface area contributed by atoms with Crippen LogP contribution in [0, 0.1) is 18.6 Å². The Morgan fingerprint density at radius 3 is 2.43 bits per heavy atom. The molecule has 0 atom stereocenters. The Morgan fingerprint density at radius 1 is 1.09 bits per heavy atom. The molecule has 0 saturated carbocycles. The fraction of sp³-hybridized carbons (Fsp3) is 0.278. The predicted octanol–water partition coefficient (Wildman–Crippen LogP) is 3.81. The largest absolute Gasteiger partial charge is 0.494 e. The number of benzene rings is 2. The lowest BCUT2D eigenvalue weighted by molar-refractivity contribution is 0.0786. The highest BCUT2D eigenvalue weighted by Gasteiger charge is 2.14. The minimum absolute atomic E-state index is 0.219. The van der Waals surface area contributed by atoms with E-state index in [4.69, 9.17) is 4.74 Å². The first-order valence-corrected chi connectivity index (χ1v) is 7.37. The van der Waals surface area contributed by atoms with E-state index < -0.39 is 5.82 Å². The number of amides is 1. The van der Waals surface area contributed by atoms with Crippen molar-refractivity contribution in [3.05, 3.63) is 65.2 Å². The number of carbonyl (C=O) groups is 1. The smallest absolute Gasteiger partial charge is 0.253 e. The topological polar surface area (TPSA) is 29.5 Å². The summed E-state index contributed by atoms with van der Waals surface area (Å²) in [4.78, 5) is 13.8. The fourth-order valence-electron chi connectivity index (χ4n) is 2.15. The van der Waals surface area contributed by atoms with Crippen LogP contribution in [0.4, 0.5) is 8.78 Å². The third kappa shape index (κ3) is 4.77. The zero-order valence-electron chi connectivity index (χ0n) is 13.2. The lowest BCUT2D eigenvalue weighted by atomic mass is 10.1. The average Bonchev–Trinajstić information content (AvgIpc) is 2.54. The standard InChI is InChI=1S/C18H19F2NO2/c1-13-4-5-15(20)12-17(13)18(22)21(2)10-3-11-23-16-8-6-14(19)7-9-16/h4-9,12H,3,10-11H2,1-2H3. The maximum Gasteiger partial charge on any atom is 0.253 e. The summed E-state index contributed by atoms with van der Waals surface area (Å²) in [6, 6.07) is 9.95. The Balaban J connectivity index is 1.82. The van der Waals surface area contributed by atoms with E-state index in [1.165, 1.54) is 29.2 Å². The first kappa shape index (κ1) is 16.9. The van der Waals surface area contributed by atoms with Gasteiger partial charge in [0.1, 0.15) is 17.4 Å². The van der Waals surface area contributed by atoms with E-state index in [9.17, 15) is 13.6 Å². The van der Waals surface area contributed by atoms with Gasteiger partial charge in [0.2, 0.25) is 0 Å². The molecule has 0 saturated heterocycles. The Labute approximate surface area is 134 Å². The molecule has 23 heavy (non-hydrogen) atoms. The third-order valence-corrected chi connectivity index (χ3v) is 3.50. The number of aryl methyl sites for hydroxylation is 1. The minimum Gasteiger partial charge on any atom is -0.494 e. The molecule has 122 valence electrons. The molecule has 0 bridgehead atoms. The summed E-state index contributed by atoms with van der Waals surface area (Å²) in [5.74, 6) is -0.370. The number of ether oxygens (including phenoxy) is 1. The highest BCUT2D eigenvalue weighted by Crippen LogP contribution is 2.13. The van der Waals surface area contributed by atoms with E-state index in [0.29, 0.717) is 30.9 Å². The molecule has 3 nitrogen and oxygen atoms in total. The normalized spacial score (nSPS) is 10.4. The van der Waals surface area contributed by atoms with E-state index in [-0.39, 0.29) is 11.7 Å². The van der Waals surface area contributed by atoms with Crippen LogP contribution in [0.2, 0.25) is 0 Å². The summed E-state index contributed by atoms with van der Waals surface area (Å²) in [6.45, 7) is 2.67. The first-order chi connectivity index (χ1) is 11.0. The van der Waals surface area contributed by atoms with Crippen LogP contribution in [0.15, 0.2) is 42.5 Å². The summed E-state index contributed by atoms with van der Waals surface area (Å²) in [6.07, 6.45) is 0.619. The van der Waals surface area contributed by atoms with Gasteiger partial charge in [-0.1, -0.05) is 6.07 Å². The van der Waals surface area contributed by atoms with E-state index in [2.05, 4.69) is 0 Å². The van der Waals surface area contributed by atoms with Crippen molar-refractivity contribution >= 4 is 5.91 Å². The Bertz CT molecular complexity index is 671. The van der Waals surface area contributed by atoms with Crippen molar-refractivity contribution in [2.45, 2.75) is 13.3 Å². The van der Waals surface area contributed by atoms with Gasteiger partial charge in [0.05, 0.1) is 6.61 Å². The van der Waals surface area contributed by atoms with Crippen LogP contribution in [-0.2, 0) is 0 Å². The van der Waals surface area contributed by atoms with Gasteiger partial charge in [0.25, 0.3) is 5.91 Å². The number of nitrogens with zero attached hydrogens (tertiary/aromatic N) is 1. The van der Waals surface area contributed by atoms with Crippen molar-refractivity contribution in [1.82, 2.24) is 4.90 Å². The quantitative estimate of drug-likeness (QED) is 0.758. The van der Waals surface area contributed by atoms with Crippen LogP contribution in [0.5, 0.6) is 5.75 Å². The van der Waals surface area contributed by atoms with Crippen molar-refractivity contribution in [2.75, 3.05) is 20.2 Å². The van der Waals surface area contributed by atoms with Gasteiger partial charge in [-0.25, -0.2) is 8.78 Å². The van der Waals surface area contributed by atoms with E-state index in [1.807, 2.05) is 0 Å². The van der Waals surface area contributed by atoms with Crippen LogP contribution >= 0.6 is 0 Å². The van der Waals surface area contributed by atoms with E-state index in [1.54, 1.807) is 32.2 Å². The molecule has 0 unspecified atom stereocenters.